The summed E-state index contributed by atoms with van der Waals surface area (Å²) in [6.07, 6.45) is 2.71. The van der Waals surface area contributed by atoms with E-state index in [0.29, 0.717) is 12.6 Å². The molecule has 0 aromatic carbocycles. The molecule has 1 rings (SSSR count). The topological polar surface area (TPSA) is 55.4 Å². The molecule has 0 aliphatic carbocycles. The molecule has 1 fully saturated rings. The van der Waals surface area contributed by atoms with Crippen LogP contribution in [0.25, 0.3) is 0 Å². The van der Waals surface area contributed by atoms with Crippen molar-refractivity contribution in [2.75, 3.05) is 12.8 Å². The van der Waals surface area contributed by atoms with E-state index in [1.807, 2.05) is 0 Å². The first-order chi connectivity index (χ1) is 5.47. The van der Waals surface area contributed by atoms with E-state index < -0.39 is 10.1 Å². The van der Waals surface area contributed by atoms with Crippen molar-refractivity contribution >= 4 is 10.1 Å². The molecule has 0 aromatic heterocycles. The van der Waals surface area contributed by atoms with Gasteiger partial charge in [-0.1, -0.05) is 0 Å². The predicted octanol–water partition coefficient (Wildman–Crippen LogP) is 0.103. The highest BCUT2D eigenvalue weighted by atomic mass is 32.2. The average Bonchev–Trinajstić information content (AvgIpc) is 1.91. The smallest absolute Gasteiger partial charge is 0.264 e. The Morgan fingerprint density at radius 3 is 2.50 bits per heavy atom. The molecule has 1 saturated heterocycles. The monoisotopic (exact) mass is 193 g/mol. The summed E-state index contributed by atoms with van der Waals surface area (Å²) in [4.78, 5) is 0. The third kappa shape index (κ3) is 3.51. The summed E-state index contributed by atoms with van der Waals surface area (Å²) in [7, 11) is -3.28. The van der Waals surface area contributed by atoms with Crippen LogP contribution in [-0.2, 0) is 14.3 Å². The fourth-order valence-electron chi connectivity index (χ4n) is 1.30. The Hall–Kier alpha value is -0.130. The van der Waals surface area contributed by atoms with Crippen molar-refractivity contribution in [2.45, 2.75) is 31.9 Å². The first-order valence-electron chi connectivity index (χ1n) is 4.09. The van der Waals surface area contributed by atoms with Crippen LogP contribution in [0.4, 0.5) is 0 Å². The highest BCUT2D eigenvalue weighted by Crippen LogP contribution is 2.12. The zero-order valence-corrected chi connectivity index (χ0v) is 8.23. The second-order valence-electron chi connectivity index (χ2n) is 3.31. The van der Waals surface area contributed by atoms with Gasteiger partial charge in [0.25, 0.3) is 10.1 Å². The van der Waals surface area contributed by atoms with Crippen molar-refractivity contribution in [1.29, 1.82) is 0 Å². The molecule has 0 aromatic rings. The normalized spacial score (nSPS) is 31.8. The molecule has 0 spiro atoms. The maximum atomic E-state index is 10.7. The van der Waals surface area contributed by atoms with Gasteiger partial charge in [0, 0.05) is 12.6 Å². The van der Waals surface area contributed by atoms with E-state index in [4.69, 9.17) is 4.18 Å². The molecule has 12 heavy (non-hydrogen) atoms. The Morgan fingerprint density at radius 2 is 2.08 bits per heavy atom. The molecule has 4 nitrogen and oxygen atoms in total. The summed E-state index contributed by atoms with van der Waals surface area (Å²) in [5, 5.41) is 3.17. The minimum atomic E-state index is -3.28. The van der Waals surface area contributed by atoms with E-state index in [2.05, 4.69) is 12.2 Å². The summed E-state index contributed by atoms with van der Waals surface area (Å²) in [6.45, 7) is 2.71. The lowest BCUT2D eigenvalue weighted by molar-refractivity contribution is 0.161. The molecule has 0 radical (unpaired) electrons. The van der Waals surface area contributed by atoms with Gasteiger partial charge in [0.1, 0.15) is 0 Å². The van der Waals surface area contributed by atoms with E-state index in [0.717, 1.165) is 19.1 Å². The number of hydrogen-bond acceptors (Lipinski definition) is 4. The molecular formula is C7H15NO3S. The van der Waals surface area contributed by atoms with E-state index >= 15 is 0 Å². The molecule has 2 atom stereocenters. The predicted molar refractivity (Wildman–Crippen MR) is 46.4 cm³/mol. The zero-order chi connectivity index (χ0) is 9.19. The Morgan fingerprint density at radius 1 is 1.42 bits per heavy atom. The van der Waals surface area contributed by atoms with Crippen molar-refractivity contribution in [3.63, 3.8) is 0 Å². The number of piperidine rings is 1. The number of nitrogens with one attached hydrogen (secondary N) is 1. The Balaban J connectivity index is 2.36. The van der Waals surface area contributed by atoms with Crippen LogP contribution < -0.4 is 5.32 Å². The van der Waals surface area contributed by atoms with Crippen molar-refractivity contribution in [3.8, 4) is 0 Å². The molecule has 0 bridgehead atoms. The van der Waals surface area contributed by atoms with Crippen molar-refractivity contribution in [1.82, 2.24) is 5.32 Å². The van der Waals surface area contributed by atoms with Crippen LogP contribution in [0.15, 0.2) is 0 Å². The highest BCUT2D eigenvalue weighted by molar-refractivity contribution is 7.86. The Kier molecular flexibility index (Phi) is 3.09. The average molecular weight is 193 g/mol. The molecular weight excluding hydrogens is 178 g/mol. The molecule has 0 saturated carbocycles. The van der Waals surface area contributed by atoms with E-state index in [9.17, 15) is 8.42 Å². The first-order valence-corrected chi connectivity index (χ1v) is 5.90. The molecule has 1 heterocycles. The molecule has 1 aliphatic heterocycles. The van der Waals surface area contributed by atoms with Crippen LogP contribution in [-0.4, -0.2) is 33.4 Å². The van der Waals surface area contributed by atoms with Crippen molar-refractivity contribution < 1.29 is 12.6 Å². The first kappa shape index (κ1) is 9.95. The van der Waals surface area contributed by atoms with E-state index in [-0.39, 0.29) is 6.10 Å². The van der Waals surface area contributed by atoms with Crippen LogP contribution in [0.2, 0.25) is 0 Å². The number of rotatable bonds is 2. The van der Waals surface area contributed by atoms with Gasteiger partial charge in [0.2, 0.25) is 0 Å². The van der Waals surface area contributed by atoms with Gasteiger partial charge < -0.3 is 5.32 Å². The molecule has 2 unspecified atom stereocenters. The molecule has 72 valence electrons. The third-order valence-corrected chi connectivity index (χ3v) is 2.55. The minimum absolute atomic E-state index is 0.170. The zero-order valence-electron chi connectivity index (χ0n) is 7.41. The van der Waals surface area contributed by atoms with Gasteiger partial charge in [-0.05, 0) is 19.8 Å². The second kappa shape index (κ2) is 3.72. The lowest BCUT2D eigenvalue weighted by Crippen LogP contribution is -2.41. The summed E-state index contributed by atoms with van der Waals surface area (Å²) >= 11 is 0. The van der Waals surface area contributed by atoms with Crippen LogP contribution in [0, 0.1) is 0 Å². The van der Waals surface area contributed by atoms with Crippen LogP contribution in [0.5, 0.6) is 0 Å². The second-order valence-corrected chi connectivity index (χ2v) is 4.91. The summed E-state index contributed by atoms with van der Waals surface area (Å²) in [5.74, 6) is 0. The van der Waals surface area contributed by atoms with Gasteiger partial charge in [0.15, 0.2) is 0 Å². The molecule has 1 aliphatic rings. The van der Waals surface area contributed by atoms with Gasteiger partial charge in [-0.15, -0.1) is 0 Å². The Labute approximate surface area is 73.4 Å². The maximum Gasteiger partial charge on any atom is 0.264 e. The van der Waals surface area contributed by atoms with Crippen LogP contribution in [0.3, 0.4) is 0 Å². The summed E-state index contributed by atoms with van der Waals surface area (Å²) < 4.78 is 26.3. The third-order valence-electron chi connectivity index (χ3n) is 1.93. The fourth-order valence-corrected chi connectivity index (χ4v) is 1.96. The van der Waals surface area contributed by atoms with Crippen molar-refractivity contribution in [3.05, 3.63) is 0 Å². The van der Waals surface area contributed by atoms with Crippen LogP contribution in [0.1, 0.15) is 19.8 Å². The molecule has 5 heteroatoms. The quantitative estimate of drug-likeness (QED) is 0.632. The molecule has 1 N–H and O–H groups in total. The lowest BCUT2D eigenvalue weighted by atomic mass is 10.0. The van der Waals surface area contributed by atoms with Gasteiger partial charge in [-0.2, -0.15) is 8.42 Å². The minimum Gasteiger partial charge on any atom is -0.312 e. The number of hydrogen-bond donors (Lipinski definition) is 1. The Bertz CT molecular complexity index is 229. The van der Waals surface area contributed by atoms with Crippen molar-refractivity contribution in [2.24, 2.45) is 0 Å². The summed E-state index contributed by atoms with van der Waals surface area (Å²) in [6, 6.07) is 0.476. The molecule has 0 amide bonds. The van der Waals surface area contributed by atoms with Gasteiger partial charge >= 0.3 is 0 Å². The lowest BCUT2D eigenvalue weighted by Gasteiger charge is -2.26. The standard InChI is InChI=1S/C7H15NO3S/c1-6-3-4-7(5-8-6)11-12(2,9)10/h6-8H,3-5H2,1-2H3. The van der Waals surface area contributed by atoms with E-state index in [1.165, 1.54) is 0 Å². The largest absolute Gasteiger partial charge is 0.312 e. The highest BCUT2D eigenvalue weighted by Gasteiger charge is 2.21. The fraction of sp³-hybridized carbons (Fsp3) is 1.00. The van der Waals surface area contributed by atoms with Gasteiger partial charge in [-0.25, -0.2) is 0 Å². The van der Waals surface area contributed by atoms with E-state index in [1.54, 1.807) is 0 Å². The van der Waals surface area contributed by atoms with Gasteiger partial charge in [0.05, 0.1) is 12.4 Å². The van der Waals surface area contributed by atoms with Crippen LogP contribution >= 0.6 is 0 Å². The maximum absolute atomic E-state index is 10.7. The van der Waals surface area contributed by atoms with Gasteiger partial charge in [-0.3, -0.25) is 4.18 Å². The summed E-state index contributed by atoms with van der Waals surface area (Å²) in [5.41, 5.74) is 0. The SMILES string of the molecule is CC1CCC(OS(C)(=O)=O)CN1.